The number of hydrogen-bond acceptors (Lipinski definition) is 22. The van der Waals surface area contributed by atoms with Crippen LogP contribution >= 0.6 is 65.9 Å². The first kappa shape index (κ1) is 106. The molecule has 0 bridgehead atoms. The Bertz CT molecular complexity index is 2860. The predicted octanol–water partition coefficient (Wildman–Crippen LogP) is 9.50. The number of pyridine rings is 1. The van der Waals surface area contributed by atoms with Crippen molar-refractivity contribution < 1.29 is 0 Å². The van der Waals surface area contributed by atoms with Gasteiger partial charge in [-0.3, -0.25) is 4.98 Å². The van der Waals surface area contributed by atoms with E-state index in [1.165, 1.54) is 73.2 Å². The molecule has 0 spiro atoms. The number of para-hydroxylation sites is 1. The second kappa shape index (κ2) is 85.7. The number of nitrogen functional groups attached to an aromatic ring is 2. The molecule has 0 saturated carbocycles. The normalized spacial score (nSPS) is 9.89. The number of hydrogen-bond donors (Lipinski definition) is 19. The Labute approximate surface area is 659 Å². The average molecular weight is 1560 g/mol. The molecule has 19 nitrogen and oxygen atoms in total. The van der Waals surface area contributed by atoms with Crippen LogP contribution < -0.4 is 107 Å². The van der Waals surface area contributed by atoms with Crippen molar-refractivity contribution >= 4 is 98.1 Å². The van der Waals surface area contributed by atoms with Gasteiger partial charge in [0, 0.05) is 122 Å². The van der Waals surface area contributed by atoms with Crippen LogP contribution in [-0.2, 0) is 19.5 Å². The van der Waals surface area contributed by atoms with E-state index in [1.807, 2.05) is 89.6 Å². The summed E-state index contributed by atoms with van der Waals surface area (Å²) in [6.07, 6.45) is 28.3. The van der Waals surface area contributed by atoms with Gasteiger partial charge in [-0.05, 0) is 199 Å². The lowest BCUT2D eigenvalue weighted by molar-refractivity contribution is 0.610. The maximum atomic E-state index is 5.64. The zero-order valence-electron chi connectivity index (χ0n) is 63.3. The molecule has 0 aliphatic heterocycles. The number of nitrogens with two attached hydrogens (primary N) is 15. The monoisotopic (exact) mass is 1560 g/mol. The van der Waals surface area contributed by atoms with Crippen LogP contribution in [0.2, 0.25) is 0 Å². The summed E-state index contributed by atoms with van der Waals surface area (Å²) in [6.45, 7) is 17.7. The fourth-order valence-electron chi connectivity index (χ4n) is 7.85. The van der Waals surface area contributed by atoms with Gasteiger partial charge in [0.2, 0.25) is 0 Å². The van der Waals surface area contributed by atoms with Gasteiger partial charge in [-0.1, -0.05) is 186 Å². The van der Waals surface area contributed by atoms with Crippen LogP contribution in [0.15, 0.2) is 236 Å². The Balaban J connectivity index is -0.000000543. The van der Waals surface area contributed by atoms with E-state index in [4.69, 9.17) is 98.2 Å². The van der Waals surface area contributed by atoms with Crippen molar-refractivity contribution in [3.05, 3.63) is 237 Å². The van der Waals surface area contributed by atoms with E-state index in [2.05, 4.69) is 170 Å². The maximum Gasteiger partial charge on any atom is 0.0945 e. The van der Waals surface area contributed by atoms with Gasteiger partial charge in [0.25, 0.3) is 0 Å². The lowest BCUT2D eigenvalue weighted by atomic mass is 10.1. The first-order chi connectivity index (χ1) is 51.1. The number of imidazole rings is 1. The largest absolute Gasteiger partial charge is 0.399 e. The van der Waals surface area contributed by atoms with E-state index < -0.39 is 0 Å². The molecular formula is C80H139N19P2S4. The Kier molecular flexibility index (Phi) is 86.4. The van der Waals surface area contributed by atoms with Crippen molar-refractivity contribution in [2.45, 2.75) is 107 Å². The van der Waals surface area contributed by atoms with Crippen molar-refractivity contribution in [1.29, 1.82) is 0 Å². The van der Waals surface area contributed by atoms with Crippen molar-refractivity contribution in [3.8, 4) is 0 Å². The molecule has 8 rings (SSSR count). The summed E-state index contributed by atoms with van der Waals surface area (Å²) >= 11 is 17.0. The minimum absolute atomic E-state index is 0.0525. The minimum Gasteiger partial charge on any atom is -0.399 e. The summed E-state index contributed by atoms with van der Waals surface area (Å²) in [4.78, 5) is 10.4. The van der Waals surface area contributed by atoms with Gasteiger partial charge in [0.15, 0.2) is 0 Å². The number of aryl methyl sites for hydroxylation is 1. The van der Waals surface area contributed by atoms with Crippen molar-refractivity contribution in [1.82, 2.24) is 19.9 Å². The molecule has 0 radical (unpaired) electrons. The van der Waals surface area contributed by atoms with Crippen LogP contribution in [0.5, 0.6) is 0 Å². The lowest BCUT2D eigenvalue weighted by Crippen LogP contribution is -2.23. The van der Waals surface area contributed by atoms with Crippen LogP contribution in [0.4, 0.5) is 11.4 Å². The molecule has 31 N–H and O–H groups in total. The average Bonchev–Trinajstić information content (AvgIpc) is 1.27. The Morgan fingerprint density at radius 1 is 0.476 bits per heavy atom. The molecule has 0 aliphatic carbocycles. The van der Waals surface area contributed by atoms with E-state index in [-0.39, 0.29) is 15.8 Å². The summed E-state index contributed by atoms with van der Waals surface area (Å²) in [5.74, 6) is 0.792. The summed E-state index contributed by atoms with van der Waals surface area (Å²) < 4.78 is 2.02. The predicted molar refractivity (Wildman–Crippen MR) is 482 cm³/mol. The second-order valence-electron chi connectivity index (χ2n) is 22.5. The number of aromatic nitrogens is 3. The molecule has 2 aromatic heterocycles. The highest BCUT2D eigenvalue weighted by molar-refractivity contribution is 7.81. The van der Waals surface area contributed by atoms with Crippen molar-refractivity contribution in [3.63, 3.8) is 0 Å². The van der Waals surface area contributed by atoms with Gasteiger partial charge in [-0.25, -0.2) is 4.98 Å². The highest BCUT2D eigenvalue weighted by atomic mass is 32.1. The van der Waals surface area contributed by atoms with E-state index in [0.717, 1.165) is 141 Å². The van der Waals surface area contributed by atoms with Crippen molar-refractivity contribution in [2.75, 3.05) is 127 Å². The SMILES string of the molecule is C=CCN.CCCCP(CCCN)c1ccccc1.NCC(=S)Cc1ccccc1.NCCCCCN.NCCCCCNCCN.NCCCP(c1ccccc1)c1ccccc1.NCCCn1ccnc1.NCCN.NCCS.NCc1ccncc1.Nc1ccc(S)cc1.Nc1ccccc1S. The van der Waals surface area contributed by atoms with Gasteiger partial charge in [0.1, 0.15) is 0 Å². The highest BCUT2D eigenvalue weighted by Crippen LogP contribution is 2.36. The quantitative estimate of drug-likeness (QED) is 0.00454. The Morgan fingerprint density at radius 2 is 0.933 bits per heavy atom. The first-order valence-corrected chi connectivity index (χ1v) is 41.5. The molecule has 0 saturated heterocycles. The number of thiocarbonyl (C=S) groups is 1. The topological polar surface area (TPSA) is 433 Å². The minimum atomic E-state index is -0.237. The highest BCUT2D eigenvalue weighted by Gasteiger charge is 2.12. The van der Waals surface area contributed by atoms with Gasteiger partial charge < -0.3 is 95.9 Å². The number of thiol groups is 3. The van der Waals surface area contributed by atoms with E-state index in [0.29, 0.717) is 39.3 Å². The van der Waals surface area contributed by atoms with Crippen LogP contribution in [0.3, 0.4) is 0 Å². The summed E-state index contributed by atoms with van der Waals surface area (Å²) in [5, 5.41) is 7.67. The Hall–Kier alpha value is -5.54. The van der Waals surface area contributed by atoms with Crippen LogP contribution in [0.25, 0.3) is 0 Å². The van der Waals surface area contributed by atoms with E-state index in [1.54, 1.807) is 36.3 Å². The molecule has 105 heavy (non-hydrogen) atoms. The van der Waals surface area contributed by atoms with Gasteiger partial charge >= 0.3 is 0 Å². The molecule has 1 atom stereocenters. The Morgan fingerprint density at radius 3 is 1.31 bits per heavy atom. The maximum absolute atomic E-state index is 5.64. The molecule has 25 heteroatoms. The number of rotatable bonds is 33. The fourth-order valence-corrected chi connectivity index (χ4v) is 13.3. The van der Waals surface area contributed by atoms with Crippen LogP contribution in [0, 0.1) is 0 Å². The smallest absolute Gasteiger partial charge is 0.0945 e. The van der Waals surface area contributed by atoms with Crippen LogP contribution in [0.1, 0.15) is 88.7 Å². The molecule has 2 heterocycles. The van der Waals surface area contributed by atoms with Gasteiger partial charge in [0.05, 0.1) is 6.33 Å². The number of nitrogens with zero attached hydrogens (tertiary/aromatic N) is 3. The summed E-state index contributed by atoms with van der Waals surface area (Å²) in [5.41, 5.74) is 82.7. The lowest BCUT2D eigenvalue weighted by Gasteiger charge is -2.18. The second-order valence-corrected chi connectivity index (χ2v) is 29.3. The fraction of sp³-hybridized carbons (Fsp3) is 0.412. The number of benzene rings is 6. The molecule has 588 valence electrons. The molecule has 1 unspecified atom stereocenters. The number of anilines is 2. The third-order valence-electron chi connectivity index (χ3n) is 13.5. The molecule has 6 aromatic carbocycles. The third-order valence-corrected chi connectivity index (χ3v) is 20.1. The molecule has 0 fully saturated rings. The first-order valence-electron chi connectivity index (χ1n) is 36.4. The standard InChI is InChI=1S/C15H18NP.C13H22NP.C9H11NS.C7H19N3.C6H11N3.C6H8N2.2C6H7NS.C5H14N2.C3H7N.C2H8N2.C2H7NS/c16-12-7-13-17(14-8-3-1-4-9-14)15-10-5-2-6-11-15;1-2-3-11-15(12-7-10-14)13-8-5-4-6-9-13;10-7-9(11)6-8-4-2-1-3-5-8;8-4-2-1-3-6-10-7-5-9;7-2-1-4-9-5-3-8-6-9;7-5-6-1-3-8-4-2-6;7-5-1-3-6(8)4-2-5;7-5-3-1-2-4-6(5)8;6-4-2-1-3-5-7;1-2-3-4;2*3-1-2-4/h1-6,8-11H,7,12-13,16H2;4-6,8-9H,2-3,7,10-12,14H2,1H3;1-5H,6-7,10H2;10H,1-9H2;3,5-6H,1-2,4,7H2;1-4H,5,7H2;2*1-4,8H,7H2;1-7H2;2H,1,3-4H2;1-4H2;4H,1-3H2. The zero-order valence-corrected chi connectivity index (χ0v) is 68.6. The number of unbranched alkanes of at least 4 members (excludes halogenated alkanes) is 5. The van der Waals surface area contributed by atoms with Gasteiger partial charge in [-0.15, -0.1) is 31.8 Å². The molecule has 0 aliphatic rings. The number of nitrogens with one attached hydrogen (secondary N) is 1. The van der Waals surface area contributed by atoms with Crippen molar-refractivity contribution in [2.24, 2.45) is 74.5 Å². The van der Waals surface area contributed by atoms with E-state index in [9.17, 15) is 0 Å². The third kappa shape index (κ3) is 72.4. The summed E-state index contributed by atoms with van der Waals surface area (Å²) in [6, 6.07) is 61.3. The zero-order chi connectivity index (χ0) is 78.7. The molecule has 8 aromatic rings. The molecular weight excluding hydrogens is 1420 g/mol. The van der Waals surface area contributed by atoms with Crippen LogP contribution in [-0.4, -0.2) is 135 Å². The van der Waals surface area contributed by atoms with E-state index >= 15 is 0 Å². The summed E-state index contributed by atoms with van der Waals surface area (Å²) in [7, 11) is -0.184. The van der Waals surface area contributed by atoms with Gasteiger partial charge in [-0.2, -0.15) is 12.6 Å². The molecule has 0 amide bonds.